The Morgan fingerprint density at radius 3 is 2.88 bits per heavy atom. The van der Waals surface area contributed by atoms with Gasteiger partial charge in [-0.3, -0.25) is 4.79 Å². The smallest absolute Gasteiger partial charge is 0.261 e. The van der Waals surface area contributed by atoms with E-state index in [4.69, 9.17) is 5.73 Å². The molecule has 0 aliphatic heterocycles. The third-order valence-electron chi connectivity index (χ3n) is 2.95. The Kier molecular flexibility index (Phi) is 5.43. The summed E-state index contributed by atoms with van der Waals surface area (Å²) in [6.45, 7) is 2.41. The number of aryl methyl sites for hydroxylation is 2. The van der Waals surface area contributed by atoms with E-state index >= 15 is 0 Å². The van der Waals surface area contributed by atoms with Crippen LogP contribution >= 0.6 is 23.7 Å². The molecule has 1 amide bonds. The van der Waals surface area contributed by atoms with Crippen LogP contribution in [0.4, 0.5) is 0 Å². The van der Waals surface area contributed by atoms with Crippen LogP contribution in [-0.2, 0) is 12.8 Å². The third kappa shape index (κ3) is 3.44. The topological polar surface area (TPSA) is 55.1 Å². The highest BCUT2D eigenvalue weighted by Gasteiger charge is 2.17. The lowest BCUT2D eigenvalue weighted by Gasteiger charge is -2.09. The summed E-state index contributed by atoms with van der Waals surface area (Å²) in [5.41, 5.74) is 6.86. The van der Waals surface area contributed by atoms with Crippen LogP contribution in [0.15, 0.2) is 6.07 Å². The second-order valence-electron chi connectivity index (χ2n) is 4.38. The Bertz CT molecular complexity index is 368. The summed E-state index contributed by atoms with van der Waals surface area (Å²) in [4.78, 5) is 14.1. The zero-order chi connectivity index (χ0) is 11.5. The molecule has 3 nitrogen and oxygen atoms in total. The molecule has 1 atom stereocenters. The van der Waals surface area contributed by atoms with Crippen molar-refractivity contribution in [3.63, 3.8) is 0 Å². The Hall–Kier alpha value is -0.580. The minimum absolute atomic E-state index is 0. The van der Waals surface area contributed by atoms with Crippen LogP contribution in [0.1, 0.15) is 39.9 Å². The Morgan fingerprint density at radius 2 is 2.24 bits per heavy atom. The lowest BCUT2D eigenvalue weighted by molar-refractivity contribution is 0.0945. The first kappa shape index (κ1) is 14.5. The highest BCUT2D eigenvalue weighted by molar-refractivity contribution is 7.14. The van der Waals surface area contributed by atoms with E-state index in [1.165, 1.54) is 23.3 Å². The van der Waals surface area contributed by atoms with E-state index < -0.39 is 0 Å². The van der Waals surface area contributed by atoms with Crippen molar-refractivity contribution in [3.05, 3.63) is 21.4 Å². The molecule has 2 rings (SSSR count). The second kappa shape index (κ2) is 6.38. The van der Waals surface area contributed by atoms with Gasteiger partial charge >= 0.3 is 0 Å². The van der Waals surface area contributed by atoms with Crippen molar-refractivity contribution in [3.8, 4) is 0 Å². The number of amides is 1. The highest BCUT2D eigenvalue weighted by Crippen LogP contribution is 2.29. The van der Waals surface area contributed by atoms with Gasteiger partial charge in [-0.15, -0.1) is 23.7 Å². The average molecular weight is 275 g/mol. The van der Waals surface area contributed by atoms with Crippen LogP contribution < -0.4 is 11.1 Å². The molecule has 96 valence electrons. The molecule has 1 aromatic heterocycles. The normalized spacial score (nSPS) is 15.6. The molecule has 1 heterocycles. The molecule has 0 spiro atoms. The monoisotopic (exact) mass is 274 g/mol. The maximum atomic E-state index is 11.9. The predicted octanol–water partition coefficient (Wildman–Crippen LogP) is 2.13. The summed E-state index contributed by atoms with van der Waals surface area (Å²) in [7, 11) is 0. The van der Waals surface area contributed by atoms with E-state index in [2.05, 4.69) is 11.4 Å². The van der Waals surface area contributed by atoms with Crippen molar-refractivity contribution < 1.29 is 4.79 Å². The largest absolute Gasteiger partial charge is 0.348 e. The summed E-state index contributed by atoms with van der Waals surface area (Å²) in [5.74, 6) is 0.0253. The molecule has 5 heteroatoms. The van der Waals surface area contributed by atoms with Gasteiger partial charge in [0.05, 0.1) is 4.88 Å². The van der Waals surface area contributed by atoms with E-state index in [1.54, 1.807) is 11.3 Å². The minimum atomic E-state index is 0. The molecule has 17 heavy (non-hydrogen) atoms. The van der Waals surface area contributed by atoms with E-state index in [0.29, 0.717) is 6.54 Å². The number of nitrogens with one attached hydrogen (secondary N) is 1. The first-order chi connectivity index (χ1) is 7.70. The number of carbonyl (C=O) groups is 1. The summed E-state index contributed by atoms with van der Waals surface area (Å²) in [5, 5.41) is 2.90. The minimum Gasteiger partial charge on any atom is -0.348 e. The Balaban J connectivity index is 0.00000144. The van der Waals surface area contributed by atoms with Crippen molar-refractivity contribution in [1.29, 1.82) is 0 Å². The Morgan fingerprint density at radius 1 is 1.53 bits per heavy atom. The molecule has 0 bridgehead atoms. The standard InChI is InChI=1S/C12H18N2OS.ClH/c1-8(7-13)14-12(15)11-6-9-4-2-3-5-10(9)16-11;/h6,8H,2-5,7,13H2,1H3,(H,14,15);1H/t8-;/m0./s1. The number of hydrogen-bond acceptors (Lipinski definition) is 3. The van der Waals surface area contributed by atoms with Gasteiger partial charge in [0.1, 0.15) is 0 Å². The molecule has 0 aromatic carbocycles. The fraction of sp³-hybridized carbons (Fsp3) is 0.583. The zero-order valence-electron chi connectivity index (χ0n) is 9.99. The molecule has 1 aliphatic rings. The van der Waals surface area contributed by atoms with E-state index in [0.717, 1.165) is 17.7 Å². The molecule has 3 N–H and O–H groups in total. The van der Waals surface area contributed by atoms with Gasteiger partial charge in [-0.05, 0) is 44.2 Å². The molecule has 0 fully saturated rings. The number of nitrogens with two attached hydrogens (primary N) is 1. The number of thiophene rings is 1. The van der Waals surface area contributed by atoms with Gasteiger partial charge in [0.25, 0.3) is 5.91 Å². The molecule has 0 saturated carbocycles. The summed E-state index contributed by atoms with van der Waals surface area (Å²) >= 11 is 1.64. The van der Waals surface area contributed by atoms with Crippen molar-refractivity contribution in [2.24, 2.45) is 5.73 Å². The van der Waals surface area contributed by atoms with Crippen LogP contribution in [0.5, 0.6) is 0 Å². The fourth-order valence-electron chi connectivity index (χ4n) is 1.96. The summed E-state index contributed by atoms with van der Waals surface area (Å²) in [6, 6.07) is 2.10. The van der Waals surface area contributed by atoms with Gasteiger partial charge in [0.15, 0.2) is 0 Å². The van der Waals surface area contributed by atoms with Gasteiger partial charge in [0.2, 0.25) is 0 Å². The second-order valence-corrected chi connectivity index (χ2v) is 5.51. The predicted molar refractivity (Wildman–Crippen MR) is 74.2 cm³/mol. The maximum Gasteiger partial charge on any atom is 0.261 e. The third-order valence-corrected chi connectivity index (χ3v) is 4.19. The highest BCUT2D eigenvalue weighted by atomic mass is 35.5. The van der Waals surface area contributed by atoms with E-state index in [1.807, 2.05) is 6.92 Å². The number of carbonyl (C=O) groups excluding carboxylic acids is 1. The molecular weight excluding hydrogens is 256 g/mol. The first-order valence-corrected chi connectivity index (χ1v) is 6.65. The van der Waals surface area contributed by atoms with Crippen molar-refractivity contribution in [2.45, 2.75) is 38.6 Å². The summed E-state index contributed by atoms with van der Waals surface area (Å²) in [6.07, 6.45) is 4.78. The molecule has 0 saturated heterocycles. The quantitative estimate of drug-likeness (QED) is 0.887. The number of rotatable bonds is 3. The van der Waals surface area contributed by atoms with Gasteiger partial charge < -0.3 is 11.1 Å². The summed E-state index contributed by atoms with van der Waals surface area (Å²) < 4.78 is 0. The van der Waals surface area contributed by atoms with Gasteiger partial charge in [0, 0.05) is 17.5 Å². The van der Waals surface area contributed by atoms with Crippen LogP contribution in [0.2, 0.25) is 0 Å². The van der Waals surface area contributed by atoms with Crippen molar-refractivity contribution >= 4 is 29.7 Å². The van der Waals surface area contributed by atoms with Crippen molar-refractivity contribution in [1.82, 2.24) is 5.32 Å². The van der Waals surface area contributed by atoms with Crippen LogP contribution in [0, 0.1) is 0 Å². The van der Waals surface area contributed by atoms with Crippen molar-refractivity contribution in [2.75, 3.05) is 6.54 Å². The number of hydrogen-bond donors (Lipinski definition) is 2. The Labute approximate surface area is 112 Å². The fourth-order valence-corrected chi connectivity index (χ4v) is 3.11. The average Bonchev–Trinajstić information content (AvgIpc) is 2.72. The lowest BCUT2D eigenvalue weighted by Crippen LogP contribution is -2.37. The van der Waals surface area contributed by atoms with Gasteiger partial charge in [-0.1, -0.05) is 0 Å². The van der Waals surface area contributed by atoms with Crippen LogP contribution in [-0.4, -0.2) is 18.5 Å². The van der Waals surface area contributed by atoms with Crippen LogP contribution in [0.25, 0.3) is 0 Å². The maximum absolute atomic E-state index is 11.9. The van der Waals surface area contributed by atoms with Crippen LogP contribution in [0.3, 0.4) is 0 Å². The molecule has 0 unspecified atom stereocenters. The first-order valence-electron chi connectivity index (χ1n) is 5.83. The SMILES string of the molecule is C[C@@H](CN)NC(=O)c1cc2c(s1)CCCC2.Cl. The van der Waals surface area contributed by atoms with Gasteiger partial charge in [-0.2, -0.15) is 0 Å². The van der Waals surface area contributed by atoms with E-state index in [9.17, 15) is 4.79 Å². The number of halogens is 1. The molecule has 1 aromatic rings. The number of fused-ring (bicyclic) bond motifs is 1. The lowest BCUT2D eigenvalue weighted by atomic mass is 9.99. The van der Waals surface area contributed by atoms with E-state index in [-0.39, 0.29) is 24.4 Å². The molecule has 0 radical (unpaired) electrons. The molecule has 1 aliphatic carbocycles. The van der Waals surface area contributed by atoms with Gasteiger partial charge in [-0.25, -0.2) is 0 Å². The molecular formula is C12H19ClN2OS. The zero-order valence-corrected chi connectivity index (χ0v) is 11.6.